The van der Waals surface area contributed by atoms with Crippen molar-refractivity contribution in [3.8, 4) is 11.5 Å². The van der Waals surface area contributed by atoms with Gasteiger partial charge in [-0.15, -0.1) is 0 Å². The molecule has 1 aliphatic heterocycles. The third-order valence-electron chi connectivity index (χ3n) is 3.70. The van der Waals surface area contributed by atoms with Crippen LogP contribution in [0.4, 0.5) is 0 Å². The van der Waals surface area contributed by atoms with Crippen LogP contribution >= 0.6 is 0 Å². The third kappa shape index (κ3) is 3.59. The topological polar surface area (TPSA) is 50.7 Å². The van der Waals surface area contributed by atoms with Gasteiger partial charge in [0.1, 0.15) is 6.61 Å². The van der Waals surface area contributed by atoms with E-state index in [0.717, 1.165) is 36.6 Å². The Balaban J connectivity index is 1.59. The molecule has 1 heterocycles. The molecule has 3 rings (SSSR count). The van der Waals surface area contributed by atoms with Gasteiger partial charge in [-0.3, -0.25) is 0 Å². The van der Waals surface area contributed by atoms with Crippen molar-refractivity contribution in [2.24, 2.45) is 0 Å². The lowest BCUT2D eigenvalue weighted by molar-refractivity contribution is 0.0913. The molecule has 0 saturated heterocycles. The maximum absolute atomic E-state index is 8.75. The second-order valence-corrected chi connectivity index (χ2v) is 5.36. The normalized spacial score (nSPS) is 16.5. The summed E-state index contributed by atoms with van der Waals surface area (Å²) in [6, 6.07) is 16.1. The summed E-state index contributed by atoms with van der Waals surface area (Å²) in [6.45, 7) is 2.40. The van der Waals surface area contributed by atoms with Gasteiger partial charge in [0.05, 0.1) is 0 Å². The molecule has 0 saturated carbocycles. The highest BCUT2D eigenvalue weighted by molar-refractivity contribution is 5.41. The third-order valence-corrected chi connectivity index (χ3v) is 3.70. The van der Waals surface area contributed by atoms with Crippen LogP contribution in [0.25, 0.3) is 0 Å². The Labute approximate surface area is 130 Å². The first kappa shape index (κ1) is 14.9. The molecule has 4 heteroatoms. The molecular formula is C18H21NO3. The predicted octanol–water partition coefficient (Wildman–Crippen LogP) is 2.67. The van der Waals surface area contributed by atoms with Gasteiger partial charge in [-0.25, -0.2) is 0 Å². The SMILES string of the molecule is OCCCNCc1ccc([C@H]2COc3ccccc3O2)cc1. The lowest BCUT2D eigenvalue weighted by Crippen LogP contribution is -2.21. The fourth-order valence-corrected chi connectivity index (χ4v) is 2.47. The molecule has 0 unspecified atom stereocenters. The number of nitrogens with one attached hydrogen (secondary N) is 1. The zero-order valence-electron chi connectivity index (χ0n) is 12.5. The first-order valence-corrected chi connectivity index (χ1v) is 7.66. The van der Waals surface area contributed by atoms with Crippen molar-refractivity contribution in [2.75, 3.05) is 19.8 Å². The van der Waals surface area contributed by atoms with Crippen LogP contribution in [0.1, 0.15) is 23.7 Å². The van der Waals surface area contributed by atoms with Gasteiger partial charge in [0.15, 0.2) is 17.6 Å². The number of aliphatic hydroxyl groups excluding tert-OH is 1. The number of aliphatic hydroxyl groups is 1. The van der Waals surface area contributed by atoms with Crippen LogP contribution < -0.4 is 14.8 Å². The highest BCUT2D eigenvalue weighted by Gasteiger charge is 2.21. The quantitative estimate of drug-likeness (QED) is 0.805. The highest BCUT2D eigenvalue weighted by Crippen LogP contribution is 2.35. The van der Waals surface area contributed by atoms with Gasteiger partial charge in [-0.1, -0.05) is 36.4 Å². The van der Waals surface area contributed by atoms with Crippen molar-refractivity contribution >= 4 is 0 Å². The van der Waals surface area contributed by atoms with E-state index in [4.69, 9.17) is 14.6 Å². The van der Waals surface area contributed by atoms with Crippen LogP contribution in [0.5, 0.6) is 11.5 Å². The van der Waals surface area contributed by atoms with E-state index in [1.807, 2.05) is 24.3 Å². The van der Waals surface area contributed by atoms with E-state index in [9.17, 15) is 0 Å². The first-order chi connectivity index (χ1) is 10.9. The molecule has 1 atom stereocenters. The van der Waals surface area contributed by atoms with E-state index >= 15 is 0 Å². The van der Waals surface area contributed by atoms with Crippen molar-refractivity contribution in [1.29, 1.82) is 0 Å². The zero-order chi connectivity index (χ0) is 15.2. The molecule has 0 fully saturated rings. The Kier molecular flexibility index (Phi) is 4.93. The van der Waals surface area contributed by atoms with E-state index in [1.54, 1.807) is 0 Å². The van der Waals surface area contributed by atoms with Crippen molar-refractivity contribution in [1.82, 2.24) is 5.32 Å². The van der Waals surface area contributed by atoms with Gasteiger partial charge in [0, 0.05) is 13.2 Å². The molecule has 0 radical (unpaired) electrons. The van der Waals surface area contributed by atoms with E-state index < -0.39 is 0 Å². The average molecular weight is 299 g/mol. The lowest BCUT2D eigenvalue weighted by Gasteiger charge is -2.26. The molecule has 4 nitrogen and oxygen atoms in total. The number of hydrogen-bond acceptors (Lipinski definition) is 4. The summed E-state index contributed by atoms with van der Waals surface area (Å²) in [5, 5.41) is 12.0. The largest absolute Gasteiger partial charge is 0.485 e. The zero-order valence-corrected chi connectivity index (χ0v) is 12.5. The Morgan fingerprint density at radius 3 is 2.59 bits per heavy atom. The Bertz CT molecular complexity index is 598. The Morgan fingerprint density at radius 1 is 1.05 bits per heavy atom. The maximum atomic E-state index is 8.75. The minimum Gasteiger partial charge on any atom is -0.485 e. The number of para-hydroxylation sites is 2. The number of ether oxygens (including phenoxy) is 2. The Morgan fingerprint density at radius 2 is 1.82 bits per heavy atom. The summed E-state index contributed by atoms with van der Waals surface area (Å²) >= 11 is 0. The summed E-state index contributed by atoms with van der Waals surface area (Å²) in [4.78, 5) is 0. The molecule has 0 amide bonds. The number of hydrogen-bond donors (Lipinski definition) is 2. The van der Waals surface area contributed by atoms with Gasteiger partial charge in [0.2, 0.25) is 0 Å². The minimum absolute atomic E-state index is 0.0636. The molecule has 2 N–H and O–H groups in total. The van der Waals surface area contributed by atoms with Crippen LogP contribution in [0.3, 0.4) is 0 Å². The van der Waals surface area contributed by atoms with Crippen molar-refractivity contribution in [3.63, 3.8) is 0 Å². The lowest BCUT2D eigenvalue weighted by atomic mass is 10.1. The number of fused-ring (bicyclic) bond motifs is 1. The van der Waals surface area contributed by atoms with Gasteiger partial charge in [-0.2, -0.15) is 0 Å². The standard InChI is InChI=1S/C18H21NO3/c20-11-3-10-19-12-14-6-8-15(9-7-14)18-13-21-16-4-1-2-5-17(16)22-18/h1-2,4-9,18-20H,3,10-13H2/t18-/m1/s1. The van der Waals surface area contributed by atoms with Crippen molar-refractivity contribution in [3.05, 3.63) is 59.7 Å². The van der Waals surface area contributed by atoms with Gasteiger partial charge in [0.25, 0.3) is 0 Å². The average Bonchev–Trinajstić information content (AvgIpc) is 2.59. The van der Waals surface area contributed by atoms with Crippen LogP contribution in [-0.4, -0.2) is 24.9 Å². The van der Waals surface area contributed by atoms with Crippen LogP contribution in [0.2, 0.25) is 0 Å². The smallest absolute Gasteiger partial charge is 0.162 e. The van der Waals surface area contributed by atoms with Crippen molar-refractivity contribution in [2.45, 2.75) is 19.1 Å². The second-order valence-electron chi connectivity index (χ2n) is 5.36. The summed E-state index contributed by atoms with van der Waals surface area (Å²) < 4.78 is 11.8. The van der Waals surface area contributed by atoms with Crippen LogP contribution in [0, 0.1) is 0 Å². The first-order valence-electron chi connectivity index (χ1n) is 7.66. The fourth-order valence-electron chi connectivity index (χ4n) is 2.47. The molecule has 2 aromatic rings. The van der Waals surface area contributed by atoms with Gasteiger partial charge >= 0.3 is 0 Å². The van der Waals surface area contributed by atoms with Gasteiger partial charge in [-0.05, 0) is 36.2 Å². The maximum Gasteiger partial charge on any atom is 0.162 e. The molecule has 0 aliphatic carbocycles. The fraction of sp³-hybridized carbons (Fsp3) is 0.333. The van der Waals surface area contributed by atoms with Gasteiger partial charge < -0.3 is 19.9 Å². The van der Waals surface area contributed by atoms with E-state index in [1.165, 1.54) is 5.56 Å². The second kappa shape index (κ2) is 7.29. The molecule has 0 bridgehead atoms. The number of rotatable bonds is 6. The summed E-state index contributed by atoms with van der Waals surface area (Å²) in [5.41, 5.74) is 2.34. The Hall–Kier alpha value is -2.04. The molecule has 2 aromatic carbocycles. The van der Waals surface area contributed by atoms with Crippen molar-refractivity contribution < 1.29 is 14.6 Å². The molecular weight excluding hydrogens is 278 g/mol. The molecule has 116 valence electrons. The summed E-state index contributed by atoms with van der Waals surface area (Å²) in [6.07, 6.45) is 0.719. The molecule has 0 aromatic heterocycles. The van der Waals surface area contributed by atoms with Crippen LogP contribution in [0.15, 0.2) is 48.5 Å². The predicted molar refractivity (Wildman–Crippen MR) is 85.2 cm³/mol. The summed E-state index contributed by atoms with van der Waals surface area (Å²) in [5.74, 6) is 1.61. The van der Waals surface area contributed by atoms with Crippen LogP contribution in [-0.2, 0) is 6.54 Å². The highest BCUT2D eigenvalue weighted by atomic mass is 16.6. The molecule has 1 aliphatic rings. The monoisotopic (exact) mass is 299 g/mol. The van der Waals surface area contributed by atoms with E-state index in [0.29, 0.717) is 6.61 Å². The van der Waals surface area contributed by atoms with E-state index in [-0.39, 0.29) is 12.7 Å². The summed E-state index contributed by atoms with van der Waals surface area (Å²) in [7, 11) is 0. The molecule has 22 heavy (non-hydrogen) atoms. The minimum atomic E-state index is -0.0636. The van der Waals surface area contributed by atoms with E-state index in [2.05, 4.69) is 29.6 Å². The molecule has 0 spiro atoms. The number of benzene rings is 2.